The summed E-state index contributed by atoms with van der Waals surface area (Å²) < 4.78 is 80.5. The van der Waals surface area contributed by atoms with Crippen LogP contribution < -0.4 is 16.0 Å². The van der Waals surface area contributed by atoms with Gasteiger partial charge in [0.1, 0.15) is 21.7 Å². The Labute approximate surface area is 263 Å². The van der Waals surface area contributed by atoms with E-state index in [1.54, 1.807) is 0 Å². The molecule has 3 aromatic carbocycles. The summed E-state index contributed by atoms with van der Waals surface area (Å²) in [7, 11) is 0. The lowest BCUT2D eigenvalue weighted by Gasteiger charge is -2.13. The Morgan fingerprint density at radius 2 is 1.58 bits per heavy atom. The van der Waals surface area contributed by atoms with Gasteiger partial charge in [0.15, 0.2) is 5.82 Å². The van der Waals surface area contributed by atoms with Crippen molar-refractivity contribution in [3.05, 3.63) is 87.7 Å². The highest BCUT2D eigenvalue weighted by atomic mass is 79.9. The predicted molar refractivity (Wildman–Crippen MR) is 154 cm³/mol. The molecule has 228 valence electrons. The predicted octanol–water partition coefficient (Wildman–Crippen LogP) is 8.28. The van der Waals surface area contributed by atoms with E-state index in [9.17, 15) is 40.7 Å². The first-order valence-corrected chi connectivity index (χ1v) is 14.3. The molecular weight excluding hydrogens is 715 g/mol. The molecule has 4 rings (SSSR count). The average Bonchev–Trinajstić information content (AvgIpc) is 3.50. The van der Waals surface area contributed by atoms with Gasteiger partial charge in [-0.2, -0.15) is 13.2 Å². The van der Waals surface area contributed by atoms with Crippen molar-refractivity contribution in [3.63, 3.8) is 0 Å². The van der Waals surface area contributed by atoms with E-state index in [1.165, 1.54) is 12.1 Å². The smallest absolute Gasteiger partial charge is 0.326 e. The lowest BCUT2D eigenvalue weighted by atomic mass is 10.0. The molecule has 0 bridgehead atoms. The Kier molecular flexibility index (Phi) is 9.60. The van der Waals surface area contributed by atoms with Crippen molar-refractivity contribution in [1.29, 1.82) is 0 Å². The molecule has 0 heterocycles. The first-order valence-electron chi connectivity index (χ1n) is 12.1. The van der Waals surface area contributed by atoms with Gasteiger partial charge in [-0.3, -0.25) is 14.4 Å². The van der Waals surface area contributed by atoms with Crippen molar-refractivity contribution in [2.45, 2.75) is 22.8 Å². The molecule has 16 heteroatoms. The Morgan fingerprint density at radius 3 is 2.23 bits per heavy atom. The van der Waals surface area contributed by atoms with E-state index in [2.05, 4.69) is 31.9 Å². The summed E-state index contributed by atoms with van der Waals surface area (Å²) in [6, 6.07) is 7.58. The topological polar surface area (TPSA) is 87.3 Å². The molecule has 0 aromatic heterocycles. The number of amides is 3. The Morgan fingerprint density at radius 1 is 0.907 bits per heavy atom. The molecule has 1 fully saturated rings. The summed E-state index contributed by atoms with van der Waals surface area (Å²) in [6.45, 7) is 0. The number of nitrogens with one attached hydrogen (secondary N) is 3. The Hall–Kier alpha value is -3.00. The van der Waals surface area contributed by atoms with E-state index in [1.807, 2.05) is 0 Å². The van der Waals surface area contributed by atoms with E-state index in [0.29, 0.717) is 12.1 Å². The molecule has 43 heavy (non-hydrogen) atoms. The Balaban J connectivity index is 1.52. The van der Waals surface area contributed by atoms with Crippen molar-refractivity contribution < 1.29 is 40.7 Å². The molecule has 1 saturated carbocycles. The summed E-state index contributed by atoms with van der Waals surface area (Å²) >= 11 is 21.6. The quantitative estimate of drug-likeness (QED) is 0.161. The molecule has 3 aromatic rings. The number of hydrogen-bond donors (Lipinski definition) is 3. The zero-order chi connectivity index (χ0) is 31.9. The summed E-state index contributed by atoms with van der Waals surface area (Å²) in [6.07, 6.45) is -5.06. The van der Waals surface area contributed by atoms with Gasteiger partial charge in [0.05, 0.1) is 27.8 Å². The van der Waals surface area contributed by atoms with E-state index in [-0.39, 0.29) is 33.6 Å². The van der Waals surface area contributed by atoms with Crippen LogP contribution in [0.4, 0.5) is 43.4 Å². The van der Waals surface area contributed by atoms with Crippen molar-refractivity contribution in [1.82, 2.24) is 0 Å². The third-order valence-electron chi connectivity index (χ3n) is 6.39. The fraction of sp³-hybridized carbons (Fsp3) is 0.222. The van der Waals surface area contributed by atoms with Crippen LogP contribution in [0.25, 0.3) is 0 Å². The lowest BCUT2D eigenvalue weighted by Crippen LogP contribution is -2.19. The summed E-state index contributed by atoms with van der Waals surface area (Å²) in [5, 5.41) is 6.87. The van der Waals surface area contributed by atoms with Gasteiger partial charge in [-0.1, -0.05) is 33.6 Å². The molecule has 2 atom stereocenters. The standard InChI is InChI=1S/C27H17BrCl3F6N3O3/c28-8-7-19(41)40-23-17(33)5-6-18(22(23)34)39-24(42)13-10-12(2-3-15(13)29)38-25(43)21-20(26(21,30)31)11-1-4-16(32)14(9-11)27(35,36)37/h1-6,9-10,20-21H,7-8H2,(H,38,43)(H,39,42)(H,40,41)/t20-,21+/m0/s1. The number of halogens is 10. The van der Waals surface area contributed by atoms with Crippen molar-refractivity contribution in [2.75, 3.05) is 21.3 Å². The van der Waals surface area contributed by atoms with Crippen LogP contribution in [0.5, 0.6) is 0 Å². The molecule has 0 spiro atoms. The second-order valence-corrected chi connectivity index (χ2v) is 11.9. The first kappa shape index (κ1) is 32.9. The molecular formula is C27H17BrCl3F6N3O3. The monoisotopic (exact) mass is 729 g/mol. The van der Waals surface area contributed by atoms with Gasteiger partial charge in [-0.15, -0.1) is 23.2 Å². The number of carbonyl (C=O) groups is 3. The fourth-order valence-corrected chi connectivity index (χ4v) is 5.65. The van der Waals surface area contributed by atoms with Gasteiger partial charge in [0.25, 0.3) is 5.91 Å². The first-order chi connectivity index (χ1) is 20.1. The number of benzene rings is 3. The molecule has 3 N–H and O–H groups in total. The van der Waals surface area contributed by atoms with Gasteiger partial charge in [0, 0.05) is 23.4 Å². The lowest BCUT2D eigenvalue weighted by molar-refractivity contribution is -0.140. The molecule has 1 aliphatic rings. The second kappa shape index (κ2) is 12.5. The molecule has 0 aliphatic heterocycles. The van der Waals surface area contributed by atoms with Crippen LogP contribution in [0.3, 0.4) is 0 Å². The highest BCUT2D eigenvalue weighted by molar-refractivity contribution is 9.09. The van der Waals surface area contributed by atoms with Crippen LogP contribution >= 0.6 is 50.7 Å². The zero-order valence-corrected chi connectivity index (χ0v) is 25.0. The van der Waals surface area contributed by atoms with Crippen LogP contribution in [0.1, 0.15) is 33.8 Å². The van der Waals surface area contributed by atoms with Crippen LogP contribution in [0.15, 0.2) is 48.5 Å². The maximum Gasteiger partial charge on any atom is 0.419 e. The minimum atomic E-state index is -4.99. The van der Waals surface area contributed by atoms with Gasteiger partial charge in [-0.05, 0) is 48.0 Å². The molecule has 1 aliphatic carbocycles. The second-order valence-electron chi connectivity index (χ2n) is 9.28. The highest BCUT2D eigenvalue weighted by Gasteiger charge is 2.67. The van der Waals surface area contributed by atoms with Gasteiger partial charge in [-0.25, -0.2) is 13.2 Å². The van der Waals surface area contributed by atoms with Crippen molar-refractivity contribution in [2.24, 2.45) is 5.92 Å². The number of carbonyl (C=O) groups excluding carboxylic acids is 3. The SMILES string of the molecule is O=C(CCBr)Nc1c(F)ccc(NC(=O)c2cc(NC(=O)[C@H]3[C@H](c4ccc(F)c(C(F)(F)F)c4)C3(Cl)Cl)ccc2Cl)c1F. The van der Waals surface area contributed by atoms with Crippen LogP contribution in [-0.4, -0.2) is 27.4 Å². The maximum atomic E-state index is 14.9. The summed E-state index contributed by atoms with van der Waals surface area (Å²) in [5.74, 6) is -8.67. The van der Waals surface area contributed by atoms with Crippen molar-refractivity contribution >= 4 is 85.5 Å². The molecule has 0 saturated heterocycles. The third kappa shape index (κ3) is 7.05. The maximum absolute atomic E-state index is 14.9. The largest absolute Gasteiger partial charge is 0.419 e. The van der Waals surface area contributed by atoms with Gasteiger partial charge < -0.3 is 16.0 Å². The fourth-order valence-electron chi connectivity index (χ4n) is 4.26. The van der Waals surface area contributed by atoms with Gasteiger partial charge >= 0.3 is 6.18 Å². The number of alkyl halides is 6. The Bertz CT molecular complexity index is 1620. The van der Waals surface area contributed by atoms with E-state index >= 15 is 0 Å². The zero-order valence-electron chi connectivity index (χ0n) is 21.2. The molecule has 6 nitrogen and oxygen atoms in total. The van der Waals surface area contributed by atoms with Crippen molar-refractivity contribution in [3.8, 4) is 0 Å². The van der Waals surface area contributed by atoms with E-state index in [4.69, 9.17) is 34.8 Å². The van der Waals surface area contributed by atoms with Crippen LogP contribution in [0.2, 0.25) is 5.02 Å². The third-order valence-corrected chi connectivity index (χ3v) is 8.06. The normalized spacial score (nSPS) is 17.3. The minimum absolute atomic E-state index is 0.00766. The summed E-state index contributed by atoms with van der Waals surface area (Å²) in [4.78, 5) is 37.8. The van der Waals surface area contributed by atoms with E-state index in [0.717, 1.165) is 24.3 Å². The number of hydrogen-bond acceptors (Lipinski definition) is 3. The molecule has 0 unspecified atom stereocenters. The highest BCUT2D eigenvalue weighted by Crippen LogP contribution is 2.65. The molecule has 0 radical (unpaired) electrons. The average molecular weight is 732 g/mol. The molecule has 3 amide bonds. The minimum Gasteiger partial charge on any atom is -0.326 e. The summed E-state index contributed by atoms with van der Waals surface area (Å²) in [5.41, 5.74) is -3.18. The number of anilines is 3. The van der Waals surface area contributed by atoms with Crippen LogP contribution in [-0.2, 0) is 15.8 Å². The van der Waals surface area contributed by atoms with E-state index < -0.39 is 74.5 Å². The van der Waals surface area contributed by atoms with Gasteiger partial charge in [0.2, 0.25) is 11.8 Å². The number of rotatable bonds is 8. The van der Waals surface area contributed by atoms with Crippen LogP contribution in [0, 0.1) is 23.4 Å².